The number of nitrogens with zero attached hydrogens (tertiary/aromatic N) is 2. The lowest BCUT2D eigenvalue weighted by Crippen LogP contribution is -1.98. The number of carbonyl (C=O) groups is 1. The summed E-state index contributed by atoms with van der Waals surface area (Å²) >= 11 is 1.30. The fraction of sp³-hybridized carbons (Fsp3) is 0.300. The molecule has 2 N–H and O–H groups in total. The van der Waals surface area contributed by atoms with E-state index in [0.29, 0.717) is 22.6 Å². The molecule has 0 aromatic carbocycles. The van der Waals surface area contributed by atoms with Gasteiger partial charge in [-0.1, -0.05) is 11.8 Å². The van der Waals surface area contributed by atoms with E-state index < -0.39 is 5.97 Å². The van der Waals surface area contributed by atoms with Crippen LogP contribution in [-0.2, 0) is 17.0 Å². The van der Waals surface area contributed by atoms with E-state index in [4.69, 9.17) is 14.6 Å². The molecule has 0 aliphatic rings. The molecule has 0 aliphatic heterocycles. The average molecular weight is 269 g/mol. The molecule has 2 aromatic heterocycles. The van der Waals surface area contributed by atoms with Gasteiger partial charge in [-0.2, -0.15) is 0 Å². The first-order valence-electron chi connectivity index (χ1n) is 5.05. The number of carbonyl (C=O) groups excluding carboxylic acids is 1. The summed E-state index contributed by atoms with van der Waals surface area (Å²) in [5.41, 5.74) is 5.35. The predicted molar refractivity (Wildman–Crippen MR) is 61.8 cm³/mol. The summed E-state index contributed by atoms with van der Waals surface area (Å²) in [6.07, 6.45) is 0. The zero-order valence-electron chi connectivity index (χ0n) is 9.58. The Morgan fingerprint density at radius 2 is 2.28 bits per heavy atom. The second-order valence-corrected chi connectivity index (χ2v) is 4.14. The summed E-state index contributed by atoms with van der Waals surface area (Å²) in [7, 11) is 1.30. The van der Waals surface area contributed by atoms with Crippen molar-refractivity contribution in [2.24, 2.45) is 5.73 Å². The second kappa shape index (κ2) is 5.69. The predicted octanol–water partition coefficient (Wildman–Crippen LogP) is 1.20. The number of hydrogen-bond acceptors (Lipinski definition) is 8. The minimum Gasteiger partial charge on any atom is -0.463 e. The molecule has 2 aromatic rings. The molecule has 0 fully saturated rings. The van der Waals surface area contributed by atoms with Gasteiger partial charge < -0.3 is 19.3 Å². The van der Waals surface area contributed by atoms with Gasteiger partial charge in [-0.25, -0.2) is 4.79 Å². The van der Waals surface area contributed by atoms with Crippen molar-refractivity contribution in [3.8, 4) is 0 Å². The fourth-order valence-electron chi connectivity index (χ4n) is 1.18. The fourth-order valence-corrected chi connectivity index (χ4v) is 1.85. The Morgan fingerprint density at radius 3 is 2.94 bits per heavy atom. The molecule has 0 amide bonds. The van der Waals surface area contributed by atoms with E-state index >= 15 is 0 Å². The van der Waals surface area contributed by atoms with E-state index in [9.17, 15) is 4.79 Å². The van der Waals surface area contributed by atoms with Gasteiger partial charge in [0.1, 0.15) is 5.76 Å². The van der Waals surface area contributed by atoms with Gasteiger partial charge in [0.05, 0.1) is 19.4 Å². The lowest BCUT2D eigenvalue weighted by molar-refractivity contribution is 0.0563. The van der Waals surface area contributed by atoms with E-state index in [1.165, 1.54) is 18.9 Å². The highest BCUT2D eigenvalue weighted by molar-refractivity contribution is 7.98. The molecule has 0 spiro atoms. The number of methoxy groups -OCH3 is 1. The highest BCUT2D eigenvalue weighted by atomic mass is 32.2. The molecular weight excluding hydrogens is 258 g/mol. The van der Waals surface area contributed by atoms with Gasteiger partial charge in [-0.15, -0.1) is 10.2 Å². The average Bonchev–Trinajstić information content (AvgIpc) is 3.04. The molecule has 0 saturated heterocycles. The summed E-state index contributed by atoms with van der Waals surface area (Å²) < 4.78 is 15.0. The smallest absolute Gasteiger partial charge is 0.373 e. The first kappa shape index (κ1) is 12.7. The summed E-state index contributed by atoms with van der Waals surface area (Å²) in [5.74, 6) is 1.14. The number of thioether (sulfide) groups is 1. The van der Waals surface area contributed by atoms with E-state index in [2.05, 4.69) is 14.9 Å². The monoisotopic (exact) mass is 269 g/mol. The molecule has 0 saturated carbocycles. The molecule has 2 heterocycles. The van der Waals surface area contributed by atoms with Crippen LogP contribution in [0.5, 0.6) is 0 Å². The Labute approximate surface area is 107 Å². The molecule has 18 heavy (non-hydrogen) atoms. The number of hydrogen-bond donors (Lipinski definition) is 1. The van der Waals surface area contributed by atoms with Crippen molar-refractivity contribution in [2.75, 3.05) is 7.11 Å². The molecule has 7 nitrogen and oxygen atoms in total. The number of rotatable bonds is 5. The lowest BCUT2D eigenvalue weighted by atomic mass is 10.4. The van der Waals surface area contributed by atoms with Gasteiger partial charge in [-0.3, -0.25) is 0 Å². The van der Waals surface area contributed by atoms with Crippen molar-refractivity contribution in [1.82, 2.24) is 10.2 Å². The van der Waals surface area contributed by atoms with Crippen molar-refractivity contribution in [3.05, 3.63) is 29.5 Å². The van der Waals surface area contributed by atoms with E-state index in [1.54, 1.807) is 12.1 Å². The highest BCUT2D eigenvalue weighted by Crippen LogP contribution is 2.22. The van der Waals surface area contributed by atoms with Crippen LogP contribution in [0, 0.1) is 0 Å². The van der Waals surface area contributed by atoms with Crippen molar-refractivity contribution in [1.29, 1.82) is 0 Å². The molecule has 8 heteroatoms. The van der Waals surface area contributed by atoms with Crippen LogP contribution in [0.25, 0.3) is 0 Å². The SMILES string of the molecule is COC(=O)c1ccc(CSc2nnc(CN)o2)o1. The second-order valence-electron chi connectivity index (χ2n) is 3.21. The Hall–Kier alpha value is -1.80. The van der Waals surface area contributed by atoms with E-state index in [0.717, 1.165) is 0 Å². The van der Waals surface area contributed by atoms with E-state index in [1.807, 2.05) is 0 Å². The van der Waals surface area contributed by atoms with Gasteiger partial charge in [0.15, 0.2) is 0 Å². The van der Waals surface area contributed by atoms with Crippen molar-refractivity contribution >= 4 is 17.7 Å². The van der Waals surface area contributed by atoms with Crippen LogP contribution in [0.15, 0.2) is 26.2 Å². The minimum atomic E-state index is -0.505. The van der Waals surface area contributed by atoms with Gasteiger partial charge in [0.25, 0.3) is 5.22 Å². The Balaban J connectivity index is 1.93. The Bertz CT molecular complexity index is 537. The van der Waals surface area contributed by atoms with Crippen molar-refractivity contribution < 1.29 is 18.4 Å². The molecule has 0 aliphatic carbocycles. The molecule has 2 rings (SSSR count). The normalized spacial score (nSPS) is 10.6. The van der Waals surface area contributed by atoms with E-state index in [-0.39, 0.29) is 12.3 Å². The van der Waals surface area contributed by atoms with Gasteiger partial charge in [-0.05, 0) is 12.1 Å². The summed E-state index contributed by atoms with van der Waals surface area (Å²) in [4.78, 5) is 11.2. The topological polar surface area (TPSA) is 104 Å². The molecule has 96 valence electrons. The van der Waals surface area contributed by atoms with Gasteiger partial charge in [0, 0.05) is 0 Å². The molecule has 0 radical (unpaired) electrons. The third-order valence-electron chi connectivity index (χ3n) is 2.01. The van der Waals surface area contributed by atoms with Crippen molar-refractivity contribution in [2.45, 2.75) is 17.5 Å². The summed E-state index contributed by atoms with van der Waals surface area (Å²) in [5, 5.41) is 7.93. The lowest BCUT2D eigenvalue weighted by Gasteiger charge is -1.94. The van der Waals surface area contributed by atoms with Gasteiger partial charge in [0.2, 0.25) is 11.7 Å². The first-order valence-corrected chi connectivity index (χ1v) is 6.03. The molecule has 0 unspecified atom stereocenters. The molecular formula is C10H11N3O4S. The van der Waals surface area contributed by atoms with Gasteiger partial charge >= 0.3 is 5.97 Å². The van der Waals surface area contributed by atoms with Crippen LogP contribution in [0.2, 0.25) is 0 Å². The third kappa shape index (κ3) is 2.90. The minimum absolute atomic E-state index is 0.168. The van der Waals surface area contributed by atoms with Crippen LogP contribution in [0.3, 0.4) is 0 Å². The number of esters is 1. The van der Waals surface area contributed by atoms with Crippen LogP contribution < -0.4 is 5.73 Å². The van der Waals surface area contributed by atoms with Crippen LogP contribution in [0.1, 0.15) is 22.2 Å². The number of furan rings is 1. The maximum atomic E-state index is 11.2. The standard InChI is InChI=1S/C10H11N3O4S/c1-15-9(14)7-3-2-6(16-7)5-18-10-13-12-8(4-11)17-10/h2-3H,4-5,11H2,1H3. The maximum absolute atomic E-state index is 11.2. The zero-order valence-corrected chi connectivity index (χ0v) is 10.4. The molecule has 0 bridgehead atoms. The molecule has 0 atom stereocenters. The third-order valence-corrected chi connectivity index (χ3v) is 2.85. The first-order chi connectivity index (χ1) is 8.72. The summed E-state index contributed by atoms with van der Waals surface area (Å²) in [6.45, 7) is 0.209. The highest BCUT2D eigenvalue weighted by Gasteiger charge is 2.12. The zero-order chi connectivity index (χ0) is 13.0. The summed E-state index contributed by atoms with van der Waals surface area (Å²) in [6, 6.07) is 3.25. The number of aromatic nitrogens is 2. The van der Waals surface area contributed by atoms with Crippen LogP contribution >= 0.6 is 11.8 Å². The number of nitrogens with two attached hydrogens (primary N) is 1. The largest absolute Gasteiger partial charge is 0.463 e. The Morgan fingerprint density at radius 1 is 1.44 bits per heavy atom. The Kier molecular flexibility index (Phi) is 4.00. The van der Waals surface area contributed by atoms with Crippen LogP contribution in [0.4, 0.5) is 0 Å². The van der Waals surface area contributed by atoms with Crippen molar-refractivity contribution in [3.63, 3.8) is 0 Å². The van der Waals surface area contributed by atoms with Crippen LogP contribution in [-0.4, -0.2) is 23.3 Å². The quantitative estimate of drug-likeness (QED) is 0.637. The maximum Gasteiger partial charge on any atom is 0.373 e. The number of ether oxygens (including phenoxy) is 1.